The molecule has 17 heavy (non-hydrogen) atoms. The van der Waals surface area contributed by atoms with Crippen LogP contribution in [0.4, 0.5) is 13.2 Å². The van der Waals surface area contributed by atoms with Gasteiger partial charge >= 0.3 is 6.18 Å². The van der Waals surface area contributed by atoms with Gasteiger partial charge in [0.15, 0.2) is 0 Å². The van der Waals surface area contributed by atoms with Crippen molar-refractivity contribution in [2.45, 2.75) is 50.7 Å². The number of carbonyl (C=O) groups excluding carboxylic acids is 1. The first-order valence-corrected chi connectivity index (χ1v) is 5.96. The lowest BCUT2D eigenvalue weighted by Crippen LogP contribution is -2.35. The number of nitrogens with one attached hydrogen (secondary N) is 1. The Bertz CT molecular complexity index is 256. The fourth-order valence-corrected chi connectivity index (χ4v) is 2.12. The van der Waals surface area contributed by atoms with E-state index in [2.05, 4.69) is 5.32 Å². The lowest BCUT2D eigenvalue weighted by molar-refractivity contribution is -0.144. The van der Waals surface area contributed by atoms with E-state index in [0.717, 1.165) is 25.7 Å². The summed E-state index contributed by atoms with van der Waals surface area (Å²) in [6.45, 7) is 0.449. The molecule has 6 heteroatoms. The number of hydrogen-bond donors (Lipinski definition) is 2. The molecule has 1 saturated carbocycles. The zero-order valence-electron chi connectivity index (χ0n) is 9.72. The molecule has 0 aromatic carbocycles. The zero-order valence-corrected chi connectivity index (χ0v) is 9.72. The first-order valence-electron chi connectivity index (χ1n) is 5.96. The Morgan fingerprint density at radius 2 is 2.06 bits per heavy atom. The molecule has 3 nitrogen and oxygen atoms in total. The maximum absolute atomic E-state index is 11.9. The average molecular weight is 252 g/mol. The second kappa shape index (κ2) is 6.23. The third kappa shape index (κ3) is 6.51. The topological polar surface area (TPSA) is 55.1 Å². The van der Waals surface area contributed by atoms with E-state index in [1.807, 2.05) is 0 Å². The molecule has 0 aromatic heterocycles. The number of halogens is 3. The van der Waals surface area contributed by atoms with Crippen LogP contribution in [-0.4, -0.2) is 24.7 Å². The van der Waals surface area contributed by atoms with Gasteiger partial charge in [-0.2, -0.15) is 13.2 Å². The summed E-state index contributed by atoms with van der Waals surface area (Å²) in [4.78, 5) is 11.2. The summed E-state index contributed by atoms with van der Waals surface area (Å²) >= 11 is 0. The number of hydrogen-bond acceptors (Lipinski definition) is 2. The minimum absolute atomic E-state index is 0.167. The number of rotatable bonds is 4. The third-order valence-corrected chi connectivity index (χ3v) is 3.05. The van der Waals surface area contributed by atoms with Crippen molar-refractivity contribution in [3.8, 4) is 0 Å². The molecule has 0 spiro atoms. The van der Waals surface area contributed by atoms with E-state index in [1.165, 1.54) is 0 Å². The molecular formula is C11H19F3N2O. The van der Waals surface area contributed by atoms with E-state index in [9.17, 15) is 18.0 Å². The molecule has 0 aromatic rings. The predicted octanol–water partition coefficient (Wildman–Crippen LogP) is 1.96. The van der Waals surface area contributed by atoms with Crippen molar-refractivity contribution in [1.82, 2.24) is 5.32 Å². The van der Waals surface area contributed by atoms with Crippen molar-refractivity contribution >= 4 is 5.91 Å². The molecule has 2 unspecified atom stereocenters. The summed E-state index contributed by atoms with van der Waals surface area (Å²) < 4.78 is 35.6. The van der Waals surface area contributed by atoms with Crippen LogP contribution < -0.4 is 11.1 Å². The fraction of sp³-hybridized carbons (Fsp3) is 0.909. The fourth-order valence-electron chi connectivity index (χ4n) is 2.12. The standard InChI is InChI=1S/C11H19F3N2O/c12-11(13,14)5-4-10(17)16-7-8-2-1-3-9(15)6-8/h8-9H,1-7,15H2,(H,16,17). The van der Waals surface area contributed by atoms with Gasteiger partial charge in [-0.15, -0.1) is 0 Å². The molecule has 1 fully saturated rings. The van der Waals surface area contributed by atoms with E-state index < -0.39 is 24.9 Å². The van der Waals surface area contributed by atoms with Crippen LogP contribution in [0.15, 0.2) is 0 Å². The van der Waals surface area contributed by atoms with Gasteiger partial charge in [-0.3, -0.25) is 4.79 Å². The number of nitrogens with two attached hydrogens (primary N) is 1. The summed E-state index contributed by atoms with van der Waals surface area (Å²) in [5.41, 5.74) is 5.79. The lowest BCUT2D eigenvalue weighted by Gasteiger charge is -2.26. The quantitative estimate of drug-likeness (QED) is 0.803. The normalized spacial score (nSPS) is 25.6. The maximum Gasteiger partial charge on any atom is 0.389 e. The SMILES string of the molecule is NC1CCCC(CNC(=O)CCC(F)(F)F)C1. The van der Waals surface area contributed by atoms with E-state index in [4.69, 9.17) is 5.73 Å². The van der Waals surface area contributed by atoms with Crippen LogP contribution in [0.25, 0.3) is 0 Å². The van der Waals surface area contributed by atoms with Crippen LogP contribution in [0.2, 0.25) is 0 Å². The summed E-state index contributed by atoms with van der Waals surface area (Å²) in [5.74, 6) is -0.213. The molecule has 1 aliphatic carbocycles. The Morgan fingerprint density at radius 3 is 2.65 bits per heavy atom. The molecular weight excluding hydrogens is 233 g/mol. The van der Waals surface area contributed by atoms with Gasteiger partial charge < -0.3 is 11.1 Å². The first-order chi connectivity index (χ1) is 7.87. The highest BCUT2D eigenvalue weighted by atomic mass is 19.4. The maximum atomic E-state index is 11.9. The molecule has 0 bridgehead atoms. The Morgan fingerprint density at radius 1 is 1.35 bits per heavy atom. The Balaban J connectivity index is 2.15. The minimum atomic E-state index is -4.26. The molecule has 100 valence electrons. The van der Waals surface area contributed by atoms with Crippen molar-refractivity contribution in [1.29, 1.82) is 0 Å². The van der Waals surface area contributed by atoms with E-state index in [-0.39, 0.29) is 6.04 Å². The lowest BCUT2D eigenvalue weighted by atomic mass is 9.86. The van der Waals surface area contributed by atoms with E-state index >= 15 is 0 Å². The molecule has 1 amide bonds. The average Bonchev–Trinajstić information content (AvgIpc) is 2.23. The third-order valence-electron chi connectivity index (χ3n) is 3.05. The van der Waals surface area contributed by atoms with Gasteiger partial charge in [0, 0.05) is 19.0 Å². The zero-order chi connectivity index (χ0) is 12.9. The second-order valence-corrected chi connectivity index (χ2v) is 4.71. The molecule has 0 saturated heterocycles. The van der Waals surface area contributed by atoms with Crippen LogP contribution >= 0.6 is 0 Å². The predicted molar refractivity (Wildman–Crippen MR) is 58.2 cm³/mol. The van der Waals surface area contributed by atoms with E-state index in [0.29, 0.717) is 12.5 Å². The molecule has 0 aliphatic heterocycles. The van der Waals surface area contributed by atoms with Gasteiger partial charge in [-0.05, 0) is 25.2 Å². The summed E-state index contributed by atoms with van der Waals surface area (Å²) in [5, 5.41) is 2.55. The Kier molecular flexibility index (Phi) is 5.24. The van der Waals surface area contributed by atoms with Crippen molar-refractivity contribution in [3.63, 3.8) is 0 Å². The molecule has 3 N–H and O–H groups in total. The molecule has 0 heterocycles. The van der Waals surface area contributed by atoms with Crippen LogP contribution in [0.5, 0.6) is 0 Å². The van der Waals surface area contributed by atoms with Crippen LogP contribution in [-0.2, 0) is 4.79 Å². The Labute approximate surface area is 98.9 Å². The number of carbonyl (C=O) groups is 1. The van der Waals surface area contributed by atoms with Gasteiger partial charge in [-0.1, -0.05) is 6.42 Å². The van der Waals surface area contributed by atoms with Gasteiger partial charge in [0.2, 0.25) is 5.91 Å². The highest BCUT2D eigenvalue weighted by Gasteiger charge is 2.28. The van der Waals surface area contributed by atoms with Crippen molar-refractivity contribution in [2.24, 2.45) is 11.7 Å². The van der Waals surface area contributed by atoms with Crippen LogP contribution in [0, 0.1) is 5.92 Å². The summed E-state index contributed by atoms with van der Waals surface area (Å²) in [6, 6.07) is 0.167. The highest BCUT2D eigenvalue weighted by molar-refractivity contribution is 5.75. The van der Waals surface area contributed by atoms with Gasteiger partial charge in [0.25, 0.3) is 0 Å². The first kappa shape index (κ1) is 14.3. The summed E-state index contributed by atoms with van der Waals surface area (Å²) in [6.07, 6.45) is -1.93. The minimum Gasteiger partial charge on any atom is -0.356 e. The molecule has 1 aliphatic rings. The largest absolute Gasteiger partial charge is 0.389 e. The smallest absolute Gasteiger partial charge is 0.356 e. The monoisotopic (exact) mass is 252 g/mol. The second-order valence-electron chi connectivity index (χ2n) is 4.71. The Hall–Kier alpha value is -0.780. The van der Waals surface area contributed by atoms with Crippen molar-refractivity contribution in [2.75, 3.05) is 6.54 Å². The van der Waals surface area contributed by atoms with E-state index in [1.54, 1.807) is 0 Å². The van der Waals surface area contributed by atoms with Gasteiger partial charge in [0.05, 0.1) is 6.42 Å². The van der Waals surface area contributed by atoms with Crippen LogP contribution in [0.1, 0.15) is 38.5 Å². The summed E-state index contributed by atoms with van der Waals surface area (Å²) in [7, 11) is 0. The van der Waals surface area contributed by atoms with Gasteiger partial charge in [-0.25, -0.2) is 0 Å². The van der Waals surface area contributed by atoms with Crippen molar-refractivity contribution in [3.05, 3.63) is 0 Å². The number of amides is 1. The molecule has 0 radical (unpaired) electrons. The van der Waals surface area contributed by atoms with Crippen molar-refractivity contribution < 1.29 is 18.0 Å². The molecule has 2 atom stereocenters. The van der Waals surface area contributed by atoms with Gasteiger partial charge in [0.1, 0.15) is 0 Å². The van der Waals surface area contributed by atoms with Crippen LogP contribution in [0.3, 0.4) is 0 Å². The molecule has 1 rings (SSSR count). The highest BCUT2D eigenvalue weighted by Crippen LogP contribution is 2.23. The number of alkyl halides is 3.